The first-order chi connectivity index (χ1) is 10.6. The predicted octanol–water partition coefficient (Wildman–Crippen LogP) is 2.13. The van der Waals surface area contributed by atoms with E-state index >= 15 is 0 Å². The summed E-state index contributed by atoms with van der Waals surface area (Å²) in [4.78, 5) is 27.3. The number of hydrazone groups is 1. The molecule has 1 aromatic carbocycles. The highest BCUT2D eigenvalue weighted by molar-refractivity contribution is 6.40. The molecule has 2 aromatic rings. The van der Waals surface area contributed by atoms with E-state index in [1.807, 2.05) is 0 Å². The highest BCUT2D eigenvalue weighted by atomic mass is 35.5. The van der Waals surface area contributed by atoms with E-state index in [4.69, 9.17) is 11.6 Å². The van der Waals surface area contributed by atoms with Gasteiger partial charge in [0.1, 0.15) is 0 Å². The largest absolute Gasteiger partial charge is 0.329 e. The Kier molecular flexibility index (Phi) is 5.21. The number of benzene rings is 1. The van der Waals surface area contributed by atoms with Gasteiger partial charge in [0.15, 0.2) is 0 Å². The van der Waals surface area contributed by atoms with E-state index in [1.165, 1.54) is 6.21 Å². The zero-order valence-electron chi connectivity index (χ0n) is 11.7. The standard InChI is InChI=1S/C15H13ClN4O2/c1-10-12(16)3-2-4-13(10)19-14(21)15(22)20-18-9-11-5-7-17-8-6-11/h2-9H,1H3,(H,19,21)(H,20,22)/b18-9-. The lowest BCUT2D eigenvalue weighted by Gasteiger charge is -2.08. The third-order valence-electron chi connectivity index (χ3n) is 2.81. The molecular formula is C15H13ClN4O2. The van der Waals surface area contributed by atoms with Crippen LogP contribution >= 0.6 is 11.6 Å². The van der Waals surface area contributed by atoms with E-state index < -0.39 is 11.8 Å². The molecule has 0 aliphatic heterocycles. The molecule has 6 nitrogen and oxygen atoms in total. The summed E-state index contributed by atoms with van der Waals surface area (Å²) in [7, 11) is 0. The summed E-state index contributed by atoms with van der Waals surface area (Å²) in [5, 5.41) is 6.69. The molecule has 2 N–H and O–H groups in total. The second-order valence-corrected chi connectivity index (χ2v) is 4.75. The van der Waals surface area contributed by atoms with Crippen LogP contribution in [0.5, 0.6) is 0 Å². The van der Waals surface area contributed by atoms with E-state index in [9.17, 15) is 9.59 Å². The molecule has 7 heteroatoms. The van der Waals surface area contributed by atoms with Gasteiger partial charge in [0, 0.05) is 23.1 Å². The van der Waals surface area contributed by atoms with Crippen molar-refractivity contribution in [2.24, 2.45) is 5.10 Å². The number of rotatable bonds is 3. The first kappa shape index (κ1) is 15.7. The fourth-order valence-corrected chi connectivity index (χ4v) is 1.76. The van der Waals surface area contributed by atoms with Crippen LogP contribution in [0.2, 0.25) is 5.02 Å². The Labute approximate surface area is 132 Å². The number of hydrogen-bond donors (Lipinski definition) is 2. The second kappa shape index (κ2) is 7.33. The summed E-state index contributed by atoms with van der Waals surface area (Å²) >= 11 is 5.95. The van der Waals surface area contributed by atoms with Crippen molar-refractivity contribution >= 4 is 35.3 Å². The third-order valence-corrected chi connectivity index (χ3v) is 3.22. The second-order valence-electron chi connectivity index (χ2n) is 4.35. The van der Waals surface area contributed by atoms with Gasteiger partial charge in [-0.15, -0.1) is 0 Å². The molecule has 2 rings (SSSR count). The predicted molar refractivity (Wildman–Crippen MR) is 84.8 cm³/mol. The summed E-state index contributed by atoms with van der Waals surface area (Å²) in [6.07, 6.45) is 4.60. The molecule has 1 aromatic heterocycles. The average molecular weight is 317 g/mol. The van der Waals surface area contributed by atoms with E-state index in [0.717, 1.165) is 5.56 Å². The molecule has 0 fully saturated rings. The van der Waals surface area contributed by atoms with Gasteiger partial charge < -0.3 is 5.32 Å². The minimum absolute atomic E-state index is 0.478. The van der Waals surface area contributed by atoms with E-state index in [-0.39, 0.29) is 0 Å². The first-order valence-corrected chi connectivity index (χ1v) is 6.75. The minimum Gasteiger partial charge on any atom is -0.317 e. The lowest BCUT2D eigenvalue weighted by molar-refractivity contribution is -0.136. The molecule has 1 heterocycles. The van der Waals surface area contributed by atoms with Gasteiger partial charge in [0.25, 0.3) is 0 Å². The summed E-state index contributed by atoms with van der Waals surface area (Å²) in [5.41, 5.74) is 4.06. The number of anilines is 1. The van der Waals surface area contributed by atoms with Crippen LogP contribution < -0.4 is 10.7 Å². The molecule has 2 amide bonds. The minimum atomic E-state index is -0.871. The number of carbonyl (C=O) groups is 2. The van der Waals surface area contributed by atoms with Gasteiger partial charge in [-0.3, -0.25) is 14.6 Å². The Morgan fingerprint density at radius 1 is 1.18 bits per heavy atom. The monoisotopic (exact) mass is 316 g/mol. The van der Waals surface area contributed by atoms with E-state index in [2.05, 4.69) is 20.8 Å². The van der Waals surface area contributed by atoms with Crippen LogP contribution in [-0.4, -0.2) is 23.0 Å². The molecule has 0 atom stereocenters. The van der Waals surface area contributed by atoms with Crippen LogP contribution in [0.15, 0.2) is 47.8 Å². The Morgan fingerprint density at radius 2 is 1.91 bits per heavy atom. The summed E-state index contributed by atoms with van der Waals surface area (Å²) < 4.78 is 0. The summed E-state index contributed by atoms with van der Waals surface area (Å²) in [6, 6.07) is 8.47. The van der Waals surface area contributed by atoms with Gasteiger partial charge in [-0.05, 0) is 42.3 Å². The maximum Gasteiger partial charge on any atom is 0.329 e. The number of nitrogens with zero attached hydrogens (tertiary/aromatic N) is 2. The summed E-state index contributed by atoms with van der Waals surface area (Å²) in [6.45, 7) is 1.75. The number of pyridine rings is 1. The molecule has 0 unspecified atom stereocenters. The van der Waals surface area contributed by atoms with Gasteiger partial charge in [-0.1, -0.05) is 17.7 Å². The van der Waals surface area contributed by atoms with Crippen LogP contribution in [0.4, 0.5) is 5.69 Å². The van der Waals surface area contributed by atoms with Crippen molar-refractivity contribution in [1.29, 1.82) is 0 Å². The van der Waals surface area contributed by atoms with Gasteiger partial charge >= 0.3 is 11.8 Å². The Balaban J connectivity index is 1.94. The van der Waals surface area contributed by atoms with Gasteiger partial charge in [0.05, 0.1) is 6.21 Å². The lowest BCUT2D eigenvalue weighted by atomic mass is 10.2. The van der Waals surface area contributed by atoms with Gasteiger partial charge in [0.2, 0.25) is 0 Å². The molecular weight excluding hydrogens is 304 g/mol. The first-order valence-electron chi connectivity index (χ1n) is 6.37. The SMILES string of the molecule is Cc1c(Cl)cccc1NC(=O)C(=O)N/N=C\c1ccncc1. The molecule has 22 heavy (non-hydrogen) atoms. The topological polar surface area (TPSA) is 83.5 Å². The number of aromatic nitrogens is 1. The van der Waals surface area contributed by atoms with Crippen molar-refractivity contribution in [3.05, 3.63) is 58.9 Å². The van der Waals surface area contributed by atoms with E-state index in [0.29, 0.717) is 16.3 Å². The Morgan fingerprint density at radius 3 is 2.64 bits per heavy atom. The van der Waals surface area contributed by atoms with Gasteiger partial charge in [-0.2, -0.15) is 5.10 Å². The van der Waals surface area contributed by atoms with Crippen molar-refractivity contribution in [1.82, 2.24) is 10.4 Å². The molecule has 0 radical (unpaired) electrons. The van der Waals surface area contributed by atoms with Crippen LogP contribution in [0.3, 0.4) is 0 Å². The maximum absolute atomic E-state index is 11.8. The Bertz CT molecular complexity index is 717. The molecule has 0 bridgehead atoms. The zero-order valence-corrected chi connectivity index (χ0v) is 12.5. The molecule has 112 valence electrons. The highest BCUT2D eigenvalue weighted by Gasteiger charge is 2.14. The van der Waals surface area contributed by atoms with Crippen molar-refractivity contribution in [3.63, 3.8) is 0 Å². The number of halogens is 1. The van der Waals surface area contributed by atoms with Crippen molar-refractivity contribution in [2.75, 3.05) is 5.32 Å². The smallest absolute Gasteiger partial charge is 0.317 e. The van der Waals surface area contributed by atoms with Crippen LogP contribution in [0.25, 0.3) is 0 Å². The Hall–Kier alpha value is -2.73. The number of nitrogens with one attached hydrogen (secondary N) is 2. The van der Waals surface area contributed by atoms with E-state index in [1.54, 1.807) is 49.6 Å². The lowest BCUT2D eigenvalue weighted by Crippen LogP contribution is -2.32. The van der Waals surface area contributed by atoms with Crippen LogP contribution in [-0.2, 0) is 9.59 Å². The van der Waals surface area contributed by atoms with Crippen molar-refractivity contribution < 1.29 is 9.59 Å². The van der Waals surface area contributed by atoms with Crippen molar-refractivity contribution in [3.8, 4) is 0 Å². The average Bonchev–Trinajstić information content (AvgIpc) is 2.52. The van der Waals surface area contributed by atoms with Crippen LogP contribution in [0, 0.1) is 6.92 Å². The fourth-order valence-electron chi connectivity index (χ4n) is 1.59. The van der Waals surface area contributed by atoms with Gasteiger partial charge in [-0.25, -0.2) is 5.43 Å². The molecule has 0 saturated heterocycles. The number of carbonyl (C=O) groups excluding carboxylic acids is 2. The summed E-state index contributed by atoms with van der Waals surface area (Å²) in [5.74, 6) is -1.69. The normalized spacial score (nSPS) is 10.5. The number of hydrogen-bond acceptors (Lipinski definition) is 4. The molecule has 0 aliphatic carbocycles. The molecule has 0 spiro atoms. The zero-order chi connectivity index (χ0) is 15.9. The number of amides is 2. The quantitative estimate of drug-likeness (QED) is 0.517. The maximum atomic E-state index is 11.8. The van der Waals surface area contributed by atoms with Crippen LogP contribution in [0.1, 0.15) is 11.1 Å². The molecule has 0 aliphatic rings. The highest BCUT2D eigenvalue weighted by Crippen LogP contribution is 2.22. The van der Waals surface area contributed by atoms with Crippen molar-refractivity contribution in [2.45, 2.75) is 6.92 Å². The third kappa shape index (κ3) is 4.13. The molecule has 0 saturated carbocycles. The fraction of sp³-hybridized carbons (Fsp3) is 0.0667.